The third-order valence-electron chi connectivity index (χ3n) is 2.64. The van der Waals surface area contributed by atoms with E-state index in [9.17, 15) is 0 Å². The number of nitrogen functional groups attached to an aromatic ring is 1. The summed E-state index contributed by atoms with van der Waals surface area (Å²) in [4.78, 5) is 10.1. The fraction of sp³-hybridized carbons (Fsp3) is 0.333. The molecule has 0 fully saturated rings. The molecule has 0 unspecified atom stereocenters. The van der Waals surface area contributed by atoms with Gasteiger partial charge in [-0.3, -0.25) is 0 Å². The molecule has 0 spiro atoms. The molecule has 2 rings (SSSR count). The van der Waals surface area contributed by atoms with E-state index < -0.39 is 0 Å². The van der Waals surface area contributed by atoms with E-state index in [4.69, 9.17) is 5.73 Å². The van der Waals surface area contributed by atoms with Crippen molar-refractivity contribution >= 4 is 33.5 Å². The Balaban J connectivity index is 2.05. The molecule has 5 heteroatoms. The van der Waals surface area contributed by atoms with E-state index in [1.807, 2.05) is 18.2 Å². The first-order valence-electron chi connectivity index (χ1n) is 6.53. The van der Waals surface area contributed by atoms with E-state index >= 15 is 0 Å². The zero-order valence-electron chi connectivity index (χ0n) is 11.6. The number of nitrogens with zero attached hydrogens (tertiary/aromatic N) is 2. The van der Waals surface area contributed by atoms with Crippen molar-refractivity contribution in [3.63, 3.8) is 0 Å². The molecule has 0 atom stereocenters. The van der Waals surface area contributed by atoms with Gasteiger partial charge in [-0.05, 0) is 36.6 Å². The van der Waals surface area contributed by atoms with Crippen LogP contribution in [0.3, 0.4) is 0 Å². The van der Waals surface area contributed by atoms with E-state index in [0.29, 0.717) is 11.7 Å². The zero-order chi connectivity index (χ0) is 14.5. The summed E-state index contributed by atoms with van der Waals surface area (Å²) in [7, 11) is 0. The monoisotopic (exact) mass is 351 g/mol. The molecule has 2 aromatic rings. The van der Waals surface area contributed by atoms with Crippen LogP contribution in [0.15, 0.2) is 39.7 Å². The van der Waals surface area contributed by atoms with Gasteiger partial charge in [0, 0.05) is 21.1 Å². The van der Waals surface area contributed by atoms with Crippen LogP contribution in [0.4, 0.5) is 5.82 Å². The Bertz CT molecular complexity index is 570. The second-order valence-corrected chi connectivity index (χ2v) is 7.01. The predicted molar refractivity (Wildman–Crippen MR) is 88.7 cm³/mol. The quantitative estimate of drug-likeness (QED) is 0.815. The van der Waals surface area contributed by atoms with Gasteiger partial charge in [-0.25, -0.2) is 9.97 Å². The number of rotatable bonds is 5. The molecule has 0 bridgehead atoms. The molecule has 0 aliphatic carbocycles. The fourth-order valence-corrected chi connectivity index (χ4v) is 2.86. The van der Waals surface area contributed by atoms with Gasteiger partial charge in [0.05, 0.1) is 5.75 Å². The van der Waals surface area contributed by atoms with E-state index in [0.717, 1.165) is 28.2 Å². The summed E-state index contributed by atoms with van der Waals surface area (Å²) in [5.74, 6) is 2.66. The molecule has 0 amide bonds. The Hall–Kier alpha value is -1.07. The van der Waals surface area contributed by atoms with Crippen molar-refractivity contribution in [3.8, 4) is 0 Å². The lowest BCUT2D eigenvalue weighted by Gasteiger charge is -2.08. The normalized spacial score (nSPS) is 11.0. The summed E-state index contributed by atoms with van der Waals surface area (Å²) < 4.78 is 1.08. The first-order chi connectivity index (χ1) is 9.52. The lowest BCUT2D eigenvalue weighted by atomic mass is 10.1. The Kier molecular flexibility index (Phi) is 5.43. The van der Waals surface area contributed by atoms with Gasteiger partial charge in [0.1, 0.15) is 11.6 Å². The minimum Gasteiger partial charge on any atom is -0.384 e. The summed E-state index contributed by atoms with van der Waals surface area (Å²) in [6.45, 7) is 4.35. The number of halogens is 1. The molecule has 1 heterocycles. The number of nitrogens with two attached hydrogens (primary N) is 1. The van der Waals surface area contributed by atoms with E-state index in [1.54, 1.807) is 11.8 Å². The number of hydrogen-bond acceptors (Lipinski definition) is 4. The highest BCUT2D eigenvalue weighted by Crippen LogP contribution is 2.23. The molecule has 3 nitrogen and oxygen atoms in total. The first kappa shape index (κ1) is 15.3. The number of thioether (sulfide) groups is 1. The van der Waals surface area contributed by atoms with Crippen LogP contribution in [0.1, 0.15) is 25.4 Å². The lowest BCUT2D eigenvalue weighted by molar-refractivity contribution is 0.632. The van der Waals surface area contributed by atoms with Crippen molar-refractivity contribution in [3.05, 3.63) is 46.3 Å². The third kappa shape index (κ3) is 4.80. The topological polar surface area (TPSA) is 51.8 Å². The molecule has 0 aliphatic rings. The standard InChI is InChI=1S/C15H18BrN3S/c1-10(2)7-12-8-14(17)19-15(18-12)9-20-13-5-3-11(16)4-6-13/h3-6,8,10H,7,9H2,1-2H3,(H2,17,18,19). The lowest BCUT2D eigenvalue weighted by Crippen LogP contribution is -2.05. The number of aromatic nitrogens is 2. The van der Waals surface area contributed by atoms with Gasteiger partial charge >= 0.3 is 0 Å². The van der Waals surface area contributed by atoms with E-state index in [-0.39, 0.29) is 0 Å². The second kappa shape index (κ2) is 7.09. The molecule has 106 valence electrons. The van der Waals surface area contributed by atoms with Crippen molar-refractivity contribution < 1.29 is 0 Å². The zero-order valence-corrected chi connectivity index (χ0v) is 14.0. The SMILES string of the molecule is CC(C)Cc1cc(N)nc(CSc2ccc(Br)cc2)n1. The maximum absolute atomic E-state index is 5.86. The Morgan fingerprint density at radius 3 is 2.55 bits per heavy atom. The number of anilines is 1. The molecular formula is C15H18BrN3S. The minimum absolute atomic E-state index is 0.557. The average Bonchev–Trinajstić information content (AvgIpc) is 2.36. The summed E-state index contributed by atoms with van der Waals surface area (Å²) in [6, 6.07) is 10.1. The number of benzene rings is 1. The summed E-state index contributed by atoms with van der Waals surface area (Å²) >= 11 is 5.15. The van der Waals surface area contributed by atoms with Crippen LogP contribution in [-0.2, 0) is 12.2 Å². The molecule has 0 saturated carbocycles. The summed E-state index contributed by atoms with van der Waals surface area (Å²) in [5.41, 5.74) is 6.88. The highest BCUT2D eigenvalue weighted by atomic mass is 79.9. The van der Waals surface area contributed by atoms with Crippen molar-refractivity contribution in [2.45, 2.75) is 30.9 Å². The Morgan fingerprint density at radius 1 is 1.20 bits per heavy atom. The van der Waals surface area contributed by atoms with Gasteiger partial charge in [0.15, 0.2) is 0 Å². The van der Waals surface area contributed by atoms with Gasteiger partial charge in [-0.1, -0.05) is 29.8 Å². The minimum atomic E-state index is 0.557. The van der Waals surface area contributed by atoms with Gasteiger partial charge in [-0.15, -0.1) is 11.8 Å². The highest BCUT2D eigenvalue weighted by molar-refractivity contribution is 9.10. The molecular weight excluding hydrogens is 334 g/mol. The molecule has 0 aliphatic heterocycles. The first-order valence-corrected chi connectivity index (χ1v) is 8.31. The van der Waals surface area contributed by atoms with Crippen LogP contribution in [0, 0.1) is 5.92 Å². The summed E-state index contributed by atoms with van der Waals surface area (Å²) in [5, 5.41) is 0. The maximum atomic E-state index is 5.86. The van der Waals surface area contributed by atoms with Crippen LogP contribution in [0.2, 0.25) is 0 Å². The van der Waals surface area contributed by atoms with Gasteiger partial charge < -0.3 is 5.73 Å². The van der Waals surface area contributed by atoms with Crippen molar-refractivity contribution in [2.24, 2.45) is 5.92 Å². The smallest absolute Gasteiger partial charge is 0.141 e. The van der Waals surface area contributed by atoms with Crippen LogP contribution in [0.5, 0.6) is 0 Å². The number of hydrogen-bond donors (Lipinski definition) is 1. The fourth-order valence-electron chi connectivity index (χ4n) is 1.84. The summed E-state index contributed by atoms with van der Waals surface area (Å²) in [6.07, 6.45) is 0.933. The van der Waals surface area contributed by atoms with E-state index in [2.05, 4.69) is 51.9 Å². The molecule has 2 N–H and O–H groups in total. The van der Waals surface area contributed by atoms with Gasteiger partial charge in [0.25, 0.3) is 0 Å². The molecule has 20 heavy (non-hydrogen) atoms. The predicted octanol–water partition coefficient (Wildman–Crippen LogP) is 4.31. The van der Waals surface area contributed by atoms with Crippen LogP contribution >= 0.6 is 27.7 Å². The average molecular weight is 352 g/mol. The van der Waals surface area contributed by atoms with Gasteiger partial charge in [-0.2, -0.15) is 0 Å². The van der Waals surface area contributed by atoms with E-state index in [1.165, 1.54) is 4.90 Å². The molecule has 1 aromatic heterocycles. The van der Waals surface area contributed by atoms with Crippen LogP contribution in [-0.4, -0.2) is 9.97 Å². The Morgan fingerprint density at radius 2 is 1.90 bits per heavy atom. The largest absolute Gasteiger partial charge is 0.384 e. The maximum Gasteiger partial charge on any atom is 0.141 e. The Labute approximate surface area is 132 Å². The second-order valence-electron chi connectivity index (χ2n) is 5.04. The van der Waals surface area contributed by atoms with Crippen LogP contribution in [0.25, 0.3) is 0 Å². The van der Waals surface area contributed by atoms with Crippen molar-refractivity contribution in [1.29, 1.82) is 0 Å². The van der Waals surface area contributed by atoms with Crippen molar-refractivity contribution in [2.75, 3.05) is 5.73 Å². The highest BCUT2D eigenvalue weighted by Gasteiger charge is 2.06. The van der Waals surface area contributed by atoms with Gasteiger partial charge in [0.2, 0.25) is 0 Å². The molecule has 0 saturated heterocycles. The van der Waals surface area contributed by atoms with Crippen LogP contribution < -0.4 is 5.73 Å². The molecule has 1 aromatic carbocycles. The molecule has 0 radical (unpaired) electrons. The van der Waals surface area contributed by atoms with Crippen molar-refractivity contribution in [1.82, 2.24) is 9.97 Å². The third-order valence-corrected chi connectivity index (χ3v) is 4.18.